The van der Waals surface area contributed by atoms with Crippen LogP contribution in [0.2, 0.25) is 5.15 Å². The third-order valence-corrected chi connectivity index (χ3v) is 3.77. The molecule has 0 radical (unpaired) electrons. The lowest BCUT2D eigenvalue weighted by Gasteiger charge is -2.17. The van der Waals surface area contributed by atoms with Gasteiger partial charge in [-0.15, -0.1) is 11.3 Å². The minimum absolute atomic E-state index is 0.507. The fourth-order valence-electron chi connectivity index (χ4n) is 1.69. The fourth-order valence-corrected chi connectivity index (χ4v) is 2.78. The van der Waals surface area contributed by atoms with Gasteiger partial charge in [-0.05, 0) is 18.0 Å². The third kappa shape index (κ3) is 2.96. The van der Waals surface area contributed by atoms with Crippen LogP contribution in [0.15, 0.2) is 11.4 Å². The van der Waals surface area contributed by atoms with Crippen molar-refractivity contribution >= 4 is 33.2 Å². The molecule has 0 N–H and O–H groups in total. The summed E-state index contributed by atoms with van der Waals surface area (Å²) >= 11 is 7.68. The van der Waals surface area contributed by atoms with Gasteiger partial charge in [0.05, 0.1) is 12.6 Å². The van der Waals surface area contributed by atoms with Gasteiger partial charge in [0.2, 0.25) is 0 Å². The zero-order valence-electron chi connectivity index (χ0n) is 10.1. The highest BCUT2D eigenvalue weighted by atomic mass is 35.5. The van der Waals surface area contributed by atoms with Gasteiger partial charge in [-0.2, -0.15) is 5.26 Å². The molecule has 0 unspecified atom stereocenters. The summed E-state index contributed by atoms with van der Waals surface area (Å²) in [6.45, 7) is 4.29. The van der Waals surface area contributed by atoms with E-state index in [4.69, 9.17) is 16.9 Å². The average molecular weight is 281 g/mol. The zero-order valence-corrected chi connectivity index (χ0v) is 11.6. The molecular weight excluding hydrogens is 268 g/mol. The van der Waals surface area contributed by atoms with Gasteiger partial charge in [0.1, 0.15) is 15.8 Å². The maximum absolute atomic E-state index is 8.61. The van der Waals surface area contributed by atoms with Crippen molar-refractivity contribution in [2.45, 2.75) is 19.9 Å². The van der Waals surface area contributed by atoms with Gasteiger partial charge in [-0.1, -0.05) is 18.5 Å². The van der Waals surface area contributed by atoms with Crippen LogP contribution >= 0.6 is 22.9 Å². The van der Waals surface area contributed by atoms with Crippen molar-refractivity contribution in [1.29, 1.82) is 5.26 Å². The van der Waals surface area contributed by atoms with E-state index in [-0.39, 0.29) is 0 Å². The second-order valence-corrected chi connectivity index (χ2v) is 5.10. The number of nitrogens with zero attached hydrogens (tertiary/aromatic N) is 4. The topological polar surface area (TPSA) is 52.8 Å². The standard InChI is InChI=1S/C12H13ClN4S/c1-2-17(6-3-5-14)8-10-15-11(13)9-4-7-18-12(9)16-10/h4,7H,2-3,6,8H2,1H3. The Morgan fingerprint density at radius 1 is 1.50 bits per heavy atom. The van der Waals surface area contributed by atoms with Crippen LogP contribution in [0.25, 0.3) is 10.2 Å². The number of halogens is 1. The van der Waals surface area contributed by atoms with Gasteiger partial charge >= 0.3 is 0 Å². The van der Waals surface area contributed by atoms with E-state index in [1.165, 1.54) is 0 Å². The second kappa shape index (κ2) is 6.10. The quantitative estimate of drug-likeness (QED) is 0.790. The molecule has 6 heteroatoms. The lowest BCUT2D eigenvalue weighted by Crippen LogP contribution is -2.25. The molecule has 0 aliphatic rings. The van der Waals surface area contributed by atoms with Crippen molar-refractivity contribution in [2.75, 3.05) is 13.1 Å². The largest absolute Gasteiger partial charge is 0.295 e. The van der Waals surface area contributed by atoms with E-state index >= 15 is 0 Å². The third-order valence-electron chi connectivity index (χ3n) is 2.68. The van der Waals surface area contributed by atoms with Crippen molar-refractivity contribution in [1.82, 2.24) is 14.9 Å². The Labute approximate surface area is 115 Å². The molecule has 94 valence electrons. The van der Waals surface area contributed by atoms with Crippen molar-refractivity contribution in [2.24, 2.45) is 0 Å². The zero-order chi connectivity index (χ0) is 13.0. The Kier molecular flexibility index (Phi) is 4.48. The molecule has 0 saturated carbocycles. The number of hydrogen-bond acceptors (Lipinski definition) is 5. The van der Waals surface area contributed by atoms with Gasteiger partial charge in [0.25, 0.3) is 0 Å². The maximum Gasteiger partial charge on any atom is 0.145 e. The van der Waals surface area contributed by atoms with Crippen molar-refractivity contribution in [3.05, 3.63) is 22.4 Å². The number of nitriles is 1. The van der Waals surface area contributed by atoms with Crippen LogP contribution in [0, 0.1) is 11.3 Å². The first-order chi connectivity index (χ1) is 8.74. The lowest BCUT2D eigenvalue weighted by atomic mass is 10.3. The molecule has 4 nitrogen and oxygen atoms in total. The minimum atomic E-state index is 0.507. The highest BCUT2D eigenvalue weighted by Gasteiger charge is 2.10. The van der Waals surface area contributed by atoms with Crippen LogP contribution < -0.4 is 0 Å². The highest BCUT2D eigenvalue weighted by Crippen LogP contribution is 2.24. The summed E-state index contributed by atoms with van der Waals surface area (Å²) in [7, 11) is 0. The van der Waals surface area contributed by atoms with E-state index in [2.05, 4.69) is 27.9 Å². The monoisotopic (exact) mass is 280 g/mol. The molecule has 0 aliphatic heterocycles. The minimum Gasteiger partial charge on any atom is -0.295 e. The summed E-state index contributed by atoms with van der Waals surface area (Å²) in [5, 5.41) is 12.0. The predicted octanol–water partition coefficient (Wildman–Crippen LogP) is 3.08. The van der Waals surface area contributed by atoms with Crippen LogP contribution in [0.3, 0.4) is 0 Å². The van der Waals surface area contributed by atoms with Crippen molar-refractivity contribution < 1.29 is 0 Å². The van der Waals surface area contributed by atoms with Gasteiger partial charge in [0.15, 0.2) is 0 Å². The Morgan fingerprint density at radius 2 is 2.33 bits per heavy atom. The van der Waals surface area contributed by atoms with Crippen LogP contribution in [0.5, 0.6) is 0 Å². The maximum atomic E-state index is 8.61. The molecule has 0 bridgehead atoms. The van der Waals surface area contributed by atoms with Gasteiger partial charge < -0.3 is 0 Å². The molecule has 2 heterocycles. The Bertz CT molecular complexity index is 575. The van der Waals surface area contributed by atoms with E-state index in [1.54, 1.807) is 11.3 Å². The van der Waals surface area contributed by atoms with Gasteiger partial charge in [-0.25, -0.2) is 9.97 Å². The first-order valence-electron chi connectivity index (χ1n) is 5.73. The molecule has 0 atom stereocenters. The molecule has 0 aliphatic carbocycles. The van der Waals surface area contributed by atoms with Gasteiger partial charge in [-0.3, -0.25) is 4.90 Å². The summed E-state index contributed by atoms with van der Waals surface area (Å²) in [5.74, 6) is 0.717. The molecule has 18 heavy (non-hydrogen) atoms. The Morgan fingerprint density at radius 3 is 3.06 bits per heavy atom. The predicted molar refractivity (Wildman–Crippen MR) is 73.6 cm³/mol. The summed E-state index contributed by atoms with van der Waals surface area (Å²) in [5.41, 5.74) is 0. The van der Waals surface area contributed by atoms with Crippen LogP contribution in [0.4, 0.5) is 0 Å². The Hall–Kier alpha value is -1.22. The molecule has 2 aromatic rings. The van der Waals surface area contributed by atoms with Crippen LogP contribution in [-0.4, -0.2) is 28.0 Å². The number of thiophene rings is 1. The SMILES string of the molecule is CCN(CCC#N)Cc1nc(Cl)c2ccsc2n1. The van der Waals surface area contributed by atoms with Crippen LogP contribution in [-0.2, 0) is 6.54 Å². The number of fused-ring (bicyclic) bond motifs is 1. The molecule has 0 saturated heterocycles. The summed E-state index contributed by atoms with van der Waals surface area (Å²) in [6, 6.07) is 4.08. The molecule has 0 spiro atoms. The number of aromatic nitrogens is 2. The highest BCUT2D eigenvalue weighted by molar-refractivity contribution is 7.16. The lowest BCUT2D eigenvalue weighted by molar-refractivity contribution is 0.280. The molecule has 0 aromatic carbocycles. The average Bonchev–Trinajstić information content (AvgIpc) is 2.83. The van der Waals surface area contributed by atoms with E-state index in [9.17, 15) is 0 Å². The molecule has 2 aromatic heterocycles. The van der Waals surface area contributed by atoms with Gasteiger partial charge in [0, 0.05) is 18.4 Å². The summed E-state index contributed by atoms with van der Waals surface area (Å²) in [4.78, 5) is 11.8. The van der Waals surface area contributed by atoms with Crippen molar-refractivity contribution in [3.8, 4) is 6.07 Å². The second-order valence-electron chi connectivity index (χ2n) is 3.85. The molecule has 2 rings (SSSR count). The molecule has 0 amide bonds. The normalized spacial score (nSPS) is 11.0. The fraction of sp³-hybridized carbons (Fsp3) is 0.417. The smallest absolute Gasteiger partial charge is 0.145 e. The first-order valence-corrected chi connectivity index (χ1v) is 6.99. The van der Waals surface area contributed by atoms with E-state index in [0.29, 0.717) is 18.1 Å². The Balaban J connectivity index is 2.17. The van der Waals surface area contributed by atoms with Crippen LogP contribution in [0.1, 0.15) is 19.2 Å². The number of rotatable bonds is 5. The summed E-state index contributed by atoms with van der Waals surface area (Å²) in [6.07, 6.45) is 0.517. The summed E-state index contributed by atoms with van der Waals surface area (Å²) < 4.78 is 0. The molecule has 0 fully saturated rings. The number of hydrogen-bond donors (Lipinski definition) is 0. The van der Waals surface area contributed by atoms with Crippen molar-refractivity contribution in [3.63, 3.8) is 0 Å². The van der Waals surface area contributed by atoms with E-state index in [1.807, 2.05) is 11.4 Å². The van der Waals surface area contributed by atoms with E-state index in [0.717, 1.165) is 29.1 Å². The molecular formula is C12H13ClN4S. The van der Waals surface area contributed by atoms with E-state index < -0.39 is 0 Å². The first kappa shape index (κ1) is 13.2.